The third-order valence-electron chi connectivity index (χ3n) is 1.86. The van der Waals surface area contributed by atoms with Crippen molar-refractivity contribution in [2.45, 2.75) is 27.2 Å². The first-order valence-corrected chi connectivity index (χ1v) is 4.58. The van der Waals surface area contributed by atoms with Gasteiger partial charge in [-0.15, -0.1) is 0 Å². The zero-order chi connectivity index (χ0) is 11.1. The number of ketones is 1. The van der Waals surface area contributed by atoms with E-state index in [2.05, 4.69) is 0 Å². The van der Waals surface area contributed by atoms with Crippen LogP contribution in [0, 0.1) is 23.2 Å². The monoisotopic (exact) mass is 197 g/mol. The van der Waals surface area contributed by atoms with Crippen LogP contribution in [0.3, 0.4) is 0 Å². The minimum atomic E-state index is -0.834. The lowest BCUT2D eigenvalue weighted by molar-refractivity contribution is -0.147. The summed E-state index contributed by atoms with van der Waals surface area (Å²) in [4.78, 5) is 22.0. The van der Waals surface area contributed by atoms with E-state index in [1.165, 1.54) is 6.92 Å². The smallest absolute Gasteiger partial charge is 0.323 e. The Labute approximate surface area is 83.9 Å². The van der Waals surface area contributed by atoms with E-state index < -0.39 is 11.9 Å². The fraction of sp³-hybridized carbons (Fsp3) is 0.700. The molecule has 0 heterocycles. The molecule has 0 bridgehead atoms. The van der Waals surface area contributed by atoms with Crippen LogP contribution in [-0.4, -0.2) is 18.4 Å². The maximum atomic E-state index is 11.2. The summed E-state index contributed by atoms with van der Waals surface area (Å²) in [7, 11) is 0. The fourth-order valence-electron chi connectivity index (χ4n) is 1.22. The van der Waals surface area contributed by atoms with Crippen molar-refractivity contribution < 1.29 is 14.3 Å². The summed E-state index contributed by atoms with van der Waals surface area (Å²) >= 11 is 0. The Morgan fingerprint density at radius 1 is 1.50 bits per heavy atom. The lowest BCUT2D eigenvalue weighted by Gasteiger charge is -2.14. The molecule has 0 aliphatic heterocycles. The van der Waals surface area contributed by atoms with E-state index in [-0.39, 0.29) is 24.7 Å². The van der Waals surface area contributed by atoms with E-state index in [4.69, 9.17) is 10.00 Å². The van der Waals surface area contributed by atoms with Gasteiger partial charge in [-0.2, -0.15) is 5.26 Å². The van der Waals surface area contributed by atoms with Gasteiger partial charge in [0, 0.05) is 6.42 Å². The third kappa shape index (κ3) is 4.04. The molecule has 2 unspecified atom stereocenters. The predicted molar refractivity (Wildman–Crippen MR) is 50.2 cm³/mol. The fourth-order valence-corrected chi connectivity index (χ4v) is 1.22. The third-order valence-corrected chi connectivity index (χ3v) is 1.86. The van der Waals surface area contributed by atoms with Gasteiger partial charge in [0.25, 0.3) is 0 Å². The van der Waals surface area contributed by atoms with Gasteiger partial charge < -0.3 is 9.53 Å². The molecule has 0 amide bonds. The summed E-state index contributed by atoms with van der Waals surface area (Å²) < 4.78 is 4.72. The van der Waals surface area contributed by atoms with Crippen molar-refractivity contribution in [3.05, 3.63) is 0 Å². The van der Waals surface area contributed by atoms with Gasteiger partial charge >= 0.3 is 5.97 Å². The molecule has 0 aliphatic carbocycles. The summed E-state index contributed by atoms with van der Waals surface area (Å²) in [6.45, 7) is 5.08. The number of hydrogen-bond donors (Lipinski definition) is 0. The number of carbonyl (C=O) groups excluding carboxylic acids is 2. The maximum absolute atomic E-state index is 11.2. The molecule has 4 heteroatoms. The van der Waals surface area contributed by atoms with Crippen LogP contribution >= 0.6 is 0 Å². The van der Waals surface area contributed by atoms with Crippen LogP contribution in [0.25, 0.3) is 0 Å². The molecule has 0 radical (unpaired) electrons. The number of hydrogen-bond acceptors (Lipinski definition) is 4. The highest BCUT2D eigenvalue weighted by atomic mass is 16.5. The predicted octanol–water partition coefficient (Wildman–Crippen LogP) is 1.30. The normalized spacial score (nSPS) is 13.9. The molecule has 0 rings (SSSR count). The highest BCUT2D eigenvalue weighted by Crippen LogP contribution is 2.16. The molecule has 0 spiro atoms. The van der Waals surface area contributed by atoms with E-state index in [0.29, 0.717) is 0 Å². The van der Waals surface area contributed by atoms with Gasteiger partial charge in [0.15, 0.2) is 0 Å². The van der Waals surface area contributed by atoms with Crippen LogP contribution in [0.5, 0.6) is 0 Å². The summed E-state index contributed by atoms with van der Waals surface area (Å²) in [5, 5.41) is 8.74. The molecule has 0 aromatic carbocycles. The second kappa shape index (κ2) is 6.14. The number of carbonyl (C=O) groups is 2. The average molecular weight is 197 g/mol. The molecule has 0 N–H and O–H groups in total. The molecule has 0 saturated carbocycles. The van der Waals surface area contributed by atoms with Crippen molar-refractivity contribution in [3.8, 4) is 6.07 Å². The summed E-state index contributed by atoms with van der Waals surface area (Å²) in [6.07, 6.45) is 0.233. The van der Waals surface area contributed by atoms with E-state index in [1.54, 1.807) is 13.8 Å². The van der Waals surface area contributed by atoms with Crippen molar-refractivity contribution in [1.29, 1.82) is 5.26 Å². The van der Waals surface area contributed by atoms with Crippen LogP contribution in [0.15, 0.2) is 0 Å². The Hall–Kier alpha value is -1.37. The van der Waals surface area contributed by atoms with Crippen molar-refractivity contribution >= 4 is 11.8 Å². The highest BCUT2D eigenvalue weighted by Gasteiger charge is 2.26. The van der Waals surface area contributed by atoms with Crippen molar-refractivity contribution in [2.75, 3.05) is 6.61 Å². The second-order valence-electron chi connectivity index (χ2n) is 3.24. The van der Waals surface area contributed by atoms with E-state index in [9.17, 15) is 9.59 Å². The minimum absolute atomic E-state index is 0.0259. The molecule has 0 aromatic heterocycles. The number of ether oxygens (including phenoxy) is 1. The van der Waals surface area contributed by atoms with Gasteiger partial charge in [-0.25, -0.2) is 0 Å². The lowest BCUT2D eigenvalue weighted by atomic mass is 9.91. The van der Waals surface area contributed by atoms with Gasteiger partial charge in [0.2, 0.25) is 0 Å². The Balaban J connectivity index is 4.33. The van der Waals surface area contributed by atoms with E-state index >= 15 is 0 Å². The van der Waals surface area contributed by atoms with Gasteiger partial charge in [-0.3, -0.25) is 4.79 Å². The van der Waals surface area contributed by atoms with Gasteiger partial charge in [-0.1, -0.05) is 6.92 Å². The van der Waals surface area contributed by atoms with Crippen molar-refractivity contribution in [3.63, 3.8) is 0 Å². The zero-order valence-corrected chi connectivity index (χ0v) is 8.74. The Kier molecular flexibility index (Phi) is 5.54. The Morgan fingerprint density at radius 3 is 2.43 bits per heavy atom. The molecule has 0 aromatic rings. The van der Waals surface area contributed by atoms with E-state index in [0.717, 1.165) is 0 Å². The topological polar surface area (TPSA) is 67.2 Å². The molecule has 0 aliphatic rings. The van der Waals surface area contributed by atoms with Crippen LogP contribution in [0.4, 0.5) is 0 Å². The van der Waals surface area contributed by atoms with Crippen LogP contribution in [-0.2, 0) is 14.3 Å². The SMILES string of the molecule is CCOC(=O)C(C#N)C(C)CC(C)=O. The van der Waals surface area contributed by atoms with Crippen LogP contribution in [0.2, 0.25) is 0 Å². The van der Waals surface area contributed by atoms with Gasteiger partial charge in [-0.05, 0) is 19.8 Å². The molecule has 0 saturated heterocycles. The molecular weight excluding hydrogens is 182 g/mol. The Morgan fingerprint density at radius 2 is 2.07 bits per heavy atom. The van der Waals surface area contributed by atoms with Crippen molar-refractivity contribution in [1.82, 2.24) is 0 Å². The summed E-state index contributed by atoms with van der Waals surface area (Å²) in [5.41, 5.74) is 0. The van der Waals surface area contributed by atoms with Gasteiger partial charge in [0.05, 0.1) is 12.7 Å². The quantitative estimate of drug-likeness (QED) is 0.623. The number of nitriles is 1. The molecule has 0 fully saturated rings. The second-order valence-corrected chi connectivity index (χ2v) is 3.24. The molecule has 78 valence electrons. The zero-order valence-electron chi connectivity index (χ0n) is 8.74. The first-order chi connectivity index (χ1) is 6.52. The first kappa shape index (κ1) is 12.6. The summed E-state index contributed by atoms with van der Waals surface area (Å²) in [5.74, 6) is -1.68. The van der Waals surface area contributed by atoms with Crippen molar-refractivity contribution in [2.24, 2.45) is 11.8 Å². The maximum Gasteiger partial charge on any atom is 0.323 e. The number of rotatable bonds is 5. The highest BCUT2D eigenvalue weighted by molar-refractivity contribution is 5.79. The number of Topliss-reactive ketones (excluding diaryl/α,β-unsaturated/α-hetero) is 1. The number of esters is 1. The van der Waals surface area contributed by atoms with Crippen LogP contribution in [0.1, 0.15) is 27.2 Å². The Bertz CT molecular complexity index is 255. The van der Waals surface area contributed by atoms with Gasteiger partial charge in [0.1, 0.15) is 11.7 Å². The number of nitrogens with zero attached hydrogens (tertiary/aromatic N) is 1. The summed E-state index contributed by atoms with van der Waals surface area (Å²) in [6, 6.07) is 1.86. The molecule has 14 heavy (non-hydrogen) atoms. The average Bonchev–Trinajstić information content (AvgIpc) is 2.04. The molecular formula is C10H15NO3. The van der Waals surface area contributed by atoms with E-state index in [1.807, 2.05) is 6.07 Å². The standard InChI is InChI=1S/C10H15NO3/c1-4-14-10(13)9(6-11)7(2)5-8(3)12/h7,9H,4-5H2,1-3H3. The van der Waals surface area contributed by atoms with Crippen LogP contribution < -0.4 is 0 Å². The largest absolute Gasteiger partial charge is 0.465 e. The molecule has 2 atom stereocenters. The minimum Gasteiger partial charge on any atom is -0.465 e. The lowest BCUT2D eigenvalue weighted by Crippen LogP contribution is -2.24. The first-order valence-electron chi connectivity index (χ1n) is 4.58. The molecule has 4 nitrogen and oxygen atoms in total.